The molecule has 0 aromatic heterocycles. The Labute approximate surface area is 61.9 Å². The van der Waals surface area contributed by atoms with E-state index in [4.69, 9.17) is 0 Å². The molecule has 10 heavy (non-hydrogen) atoms. The molecule has 0 N–H and O–H groups in total. The van der Waals surface area contributed by atoms with Crippen molar-refractivity contribution >= 4 is 0 Å². The minimum Gasteiger partial charge on any atom is -0.0955 e. The second-order valence-electron chi connectivity index (χ2n) is 3.13. The van der Waals surface area contributed by atoms with Crippen molar-refractivity contribution in [2.75, 3.05) is 0 Å². The summed E-state index contributed by atoms with van der Waals surface area (Å²) in [7, 11) is 0. The normalized spacial score (nSPS) is 30.2. The lowest BCUT2D eigenvalue weighted by Gasteiger charge is -2.11. The molecule has 0 saturated heterocycles. The van der Waals surface area contributed by atoms with Crippen LogP contribution in [0.5, 0.6) is 0 Å². The molecular formula is C10H12. The molecule has 0 aromatic carbocycles. The highest BCUT2D eigenvalue weighted by atomic mass is 14.3. The fourth-order valence-corrected chi connectivity index (χ4v) is 1.85. The Kier molecular flexibility index (Phi) is 1.26. The van der Waals surface area contributed by atoms with Crippen LogP contribution in [-0.2, 0) is 0 Å². The van der Waals surface area contributed by atoms with Gasteiger partial charge in [-0.15, -0.1) is 0 Å². The zero-order valence-electron chi connectivity index (χ0n) is 6.14. The van der Waals surface area contributed by atoms with E-state index in [1.54, 1.807) is 0 Å². The van der Waals surface area contributed by atoms with Crippen molar-refractivity contribution in [3.63, 3.8) is 0 Å². The van der Waals surface area contributed by atoms with Gasteiger partial charge in [0.15, 0.2) is 0 Å². The summed E-state index contributed by atoms with van der Waals surface area (Å²) >= 11 is 0. The van der Waals surface area contributed by atoms with Gasteiger partial charge in [-0.2, -0.15) is 0 Å². The van der Waals surface area contributed by atoms with Gasteiger partial charge >= 0.3 is 0 Å². The van der Waals surface area contributed by atoms with Gasteiger partial charge in [-0.1, -0.05) is 30.4 Å². The highest BCUT2D eigenvalue weighted by molar-refractivity contribution is 5.40. The third-order valence-electron chi connectivity index (χ3n) is 2.48. The largest absolute Gasteiger partial charge is 0.0955 e. The Morgan fingerprint density at radius 2 is 2.40 bits per heavy atom. The Bertz CT molecular complexity index is 218. The topological polar surface area (TPSA) is 0 Å². The molecule has 0 spiro atoms. The Balaban J connectivity index is 2.33. The molecule has 0 radical (unpaired) electrons. The van der Waals surface area contributed by atoms with Gasteiger partial charge < -0.3 is 0 Å². The van der Waals surface area contributed by atoms with Gasteiger partial charge in [0.25, 0.3) is 0 Å². The summed E-state index contributed by atoms with van der Waals surface area (Å²) in [5.41, 5.74) is 2.89. The number of allylic oxidation sites excluding steroid dienone is 5. The number of rotatable bonds is 0. The molecule has 2 aliphatic rings. The van der Waals surface area contributed by atoms with E-state index in [1.807, 2.05) is 0 Å². The summed E-state index contributed by atoms with van der Waals surface area (Å²) in [6, 6.07) is 0. The van der Waals surface area contributed by atoms with Crippen LogP contribution in [0.15, 0.2) is 36.0 Å². The van der Waals surface area contributed by atoms with Crippen molar-refractivity contribution in [1.82, 2.24) is 0 Å². The molecule has 1 atom stereocenters. The third-order valence-corrected chi connectivity index (χ3v) is 2.48. The highest BCUT2D eigenvalue weighted by Crippen LogP contribution is 2.38. The quantitative estimate of drug-likeness (QED) is 0.475. The van der Waals surface area contributed by atoms with E-state index in [0.29, 0.717) is 0 Å². The second kappa shape index (κ2) is 2.12. The third kappa shape index (κ3) is 0.756. The van der Waals surface area contributed by atoms with Crippen molar-refractivity contribution in [3.05, 3.63) is 36.0 Å². The highest BCUT2D eigenvalue weighted by Gasteiger charge is 2.23. The molecule has 1 saturated carbocycles. The Hall–Kier alpha value is -0.780. The fraction of sp³-hybridized carbons (Fsp3) is 0.400. The molecule has 0 aliphatic heterocycles. The molecule has 1 unspecified atom stereocenters. The van der Waals surface area contributed by atoms with E-state index in [0.717, 1.165) is 5.92 Å². The van der Waals surface area contributed by atoms with Gasteiger partial charge in [-0.3, -0.25) is 0 Å². The maximum Gasteiger partial charge on any atom is -0.0122 e. The van der Waals surface area contributed by atoms with Crippen LogP contribution in [0.25, 0.3) is 0 Å². The van der Waals surface area contributed by atoms with Gasteiger partial charge in [0, 0.05) is 0 Å². The SMILES string of the molecule is C=C1CCC2CC=CC=C12. The summed E-state index contributed by atoms with van der Waals surface area (Å²) < 4.78 is 0. The second-order valence-corrected chi connectivity index (χ2v) is 3.13. The van der Waals surface area contributed by atoms with Crippen molar-refractivity contribution < 1.29 is 0 Å². The molecule has 0 bridgehead atoms. The zero-order chi connectivity index (χ0) is 6.97. The summed E-state index contributed by atoms with van der Waals surface area (Å²) in [5.74, 6) is 0.817. The summed E-state index contributed by atoms with van der Waals surface area (Å²) in [4.78, 5) is 0. The first-order valence-corrected chi connectivity index (χ1v) is 3.93. The summed E-state index contributed by atoms with van der Waals surface area (Å²) in [5, 5.41) is 0. The lowest BCUT2D eigenvalue weighted by molar-refractivity contribution is 0.633. The predicted octanol–water partition coefficient (Wildman–Crippen LogP) is 2.84. The molecule has 0 nitrogen and oxygen atoms in total. The smallest absolute Gasteiger partial charge is 0.0122 e. The first-order chi connectivity index (χ1) is 4.88. The van der Waals surface area contributed by atoms with Gasteiger partial charge in [0.1, 0.15) is 0 Å². The molecule has 0 amide bonds. The number of hydrogen-bond donors (Lipinski definition) is 0. The van der Waals surface area contributed by atoms with Crippen LogP contribution < -0.4 is 0 Å². The van der Waals surface area contributed by atoms with Crippen LogP contribution in [0.2, 0.25) is 0 Å². The maximum atomic E-state index is 4.04. The molecule has 52 valence electrons. The average molecular weight is 132 g/mol. The molecule has 0 aromatic rings. The van der Waals surface area contributed by atoms with Crippen LogP contribution in [0, 0.1) is 5.92 Å². The standard InChI is InChI=1S/C10H12/c1-8-6-7-9-4-2-3-5-10(8)9/h2-3,5,9H,1,4,6-7H2. The Morgan fingerprint density at radius 1 is 1.50 bits per heavy atom. The number of fused-ring (bicyclic) bond motifs is 1. The molecule has 2 aliphatic carbocycles. The minimum atomic E-state index is 0.817. The van der Waals surface area contributed by atoms with Crippen molar-refractivity contribution in [2.45, 2.75) is 19.3 Å². The molecule has 1 fully saturated rings. The fourth-order valence-electron chi connectivity index (χ4n) is 1.85. The molecule has 0 heteroatoms. The van der Waals surface area contributed by atoms with E-state index >= 15 is 0 Å². The van der Waals surface area contributed by atoms with Crippen molar-refractivity contribution in [2.24, 2.45) is 5.92 Å². The van der Waals surface area contributed by atoms with Gasteiger partial charge in [-0.05, 0) is 30.8 Å². The monoisotopic (exact) mass is 132 g/mol. The minimum absolute atomic E-state index is 0.817. The maximum absolute atomic E-state index is 4.04. The van der Waals surface area contributed by atoms with Gasteiger partial charge in [-0.25, -0.2) is 0 Å². The van der Waals surface area contributed by atoms with E-state index in [2.05, 4.69) is 24.8 Å². The predicted molar refractivity (Wildman–Crippen MR) is 43.7 cm³/mol. The first kappa shape index (κ1) is 5.96. The van der Waals surface area contributed by atoms with E-state index in [-0.39, 0.29) is 0 Å². The van der Waals surface area contributed by atoms with E-state index in [1.165, 1.54) is 30.4 Å². The Morgan fingerprint density at radius 3 is 3.20 bits per heavy atom. The molecular weight excluding hydrogens is 120 g/mol. The summed E-state index contributed by atoms with van der Waals surface area (Å²) in [6.07, 6.45) is 10.4. The molecule has 2 rings (SSSR count). The van der Waals surface area contributed by atoms with Crippen LogP contribution in [0.1, 0.15) is 19.3 Å². The lowest BCUT2D eigenvalue weighted by atomic mass is 9.94. The van der Waals surface area contributed by atoms with Crippen LogP contribution >= 0.6 is 0 Å². The van der Waals surface area contributed by atoms with Crippen molar-refractivity contribution in [1.29, 1.82) is 0 Å². The number of hydrogen-bond acceptors (Lipinski definition) is 0. The lowest BCUT2D eigenvalue weighted by Crippen LogP contribution is -1.97. The van der Waals surface area contributed by atoms with Gasteiger partial charge in [0.05, 0.1) is 0 Å². The van der Waals surface area contributed by atoms with Crippen LogP contribution in [0.4, 0.5) is 0 Å². The first-order valence-electron chi connectivity index (χ1n) is 3.93. The molecule has 0 heterocycles. The van der Waals surface area contributed by atoms with Crippen LogP contribution in [0.3, 0.4) is 0 Å². The summed E-state index contributed by atoms with van der Waals surface area (Å²) in [6.45, 7) is 4.04. The van der Waals surface area contributed by atoms with Crippen LogP contribution in [-0.4, -0.2) is 0 Å². The average Bonchev–Trinajstić information content (AvgIpc) is 2.34. The van der Waals surface area contributed by atoms with Gasteiger partial charge in [0.2, 0.25) is 0 Å². The van der Waals surface area contributed by atoms with E-state index < -0.39 is 0 Å². The van der Waals surface area contributed by atoms with E-state index in [9.17, 15) is 0 Å². The van der Waals surface area contributed by atoms with Crippen molar-refractivity contribution in [3.8, 4) is 0 Å². The zero-order valence-corrected chi connectivity index (χ0v) is 6.14.